The van der Waals surface area contributed by atoms with E-state index < -0.39 is 12.0 Å². The van der Waals surface area contributed by atoms with Crippen molar-refractivity contribution in [2.24, 2.45) is 4.99 Å². The molecule has 3 aromatic carbocycles. The molecule has 0 fully saturated rings. The minimum absolute atomic E-state index is 0.125. The van der Waals surface area contributed by atoms with Gasteiger partial charge in [0.05, 0.1) is 32.1 Å². The Morgan fingerprint density at radius 1 is 1.14 bits per heavy atom. The molecule has 2 heterocycles. The van der Waals surface area contributed by atoms with Crippen LogP contribution in [0.1, 0.15) is 50.4 Å². The minimum Gasteiger partial charge on any atom is -0.491 e. The van der Waals surface area contributed by atoms with Crippen LogP contribution in [0.3, 0.4) is 0 Å². The SMILES string of the molecule is CCOC(=O)C1=C(C)N=c2s/c(=C\c3cc(I)cc(I)c3OCc3ccc(F)cc3)c(=O)n2[C@H]1c1ccccc1OC(C)C. The van der Waals surface area contributed by atoms with E-state index in [1.807, 2.05) is 50.2 Å². The van der Waals surface area contributed by atoms with Gasteiger partial charge in [0.15, 0.2) is 4.80 Å². The van der Waals surface area contributed by atoms with E-state index >= 15 is 0 Å². The summed E-state index contributed by atoms with van der Waals surface area (Å²) in [7, 11) is 0. The van der Waals surface area contributed by atoms with E-state index in [2.05, 4.69) is 45.2 Å². The lowest BCUT2D eigenvalue weighted by molar-refractivity contribution is -0.139. The largest absolute Gasteiger partial charge is 0.491 e. The van der Waals surface area contributed by atoms with Gasteiger partial charge in [0.2, 0.25) is 0 Å². The number of esters is 1. The van der Waals surface area contributed by atoms with Gasteiger partial charge in [0.1, 0.15) is 30.0 Å². The average Bonchev–Trinajstić information content (AvgIpc) is 3.26. The van der Waals surface area contributed by atoms with E-state index in [9.17, 15) is 14.0 Å². The topological polar surface area (TPSA) is 79.1 Å². The molecule has 228 valence electrons. The van der Waals surface area contributed by atoms with Crippen molar-refractivity contribution in [1.82, 2.24) is 4.57 Å². The number of para-hydroxylation sites is 1. The molecule has 0 radical (unpaired) electrons. The molecule has 0 bridgehead atoms. The van der Waals surface area contributed by atoms with Gasteiger partial charge in [-0.25, -0.2) is 14.2 Å². The number of aromatic nitrogens is 1. The van der Waals surface area contributed by atoms with E-state index in [-0.39, 0.29) is 36.3 Å². The van der Waals surface area contributed by atoms with Gasteiger partial charge in [-0.3, -0.25) is 9.36 Å². The normalized spacial score (nSPS) is 14.8. The fourth-order valence-electron chi connectivity index (χ4n) is 4.87. The van der Waals surface area contributed by atoms with Crippen molar-refractivity contribution >= 4 is 68.6 Å². The highest BCUT2D eigenvalue weighted by molar-refractivity contribution is 14.1. The molecule has 5 rings (SSSR count). The number of carbonyl (C=O) groups excluding carboxylic acids is 1. The van der Waals surface area contributed by atoms with Crippen LogP contribution in [0.2, 0.25) is 0 Å². The third-order valence-electron chi connectivity index (χ3n) is 6.71. The molecule has 0 amide bonds. The highest BCUT2D eigenvalue weighted by atomic mass is 127. The highest BCUT2D eigenvalue weighted by Gasteiger charge is 2.35. The van der Waals surface area contributed by atoms with Crippen molar-refractivity contribution in [3.63, 3.8) is 0 Å². The van der Waals surface area contributed by atoms with Crippen LogP contribution in [0.15, 0.2) is 81.7 Å². The lowest BCUT2D eigenvalue weighted by atomic mass is 9.95. The lowest BCUT2D eigenvalue weighted by Crippen LogP contribution is -2.40. The summed E-state index contributed by atoms with van der Waals surface area (Å²) in [4.78, 5) is 32.7. The summed E-state index contributed by atoms with van der Waals surface area (Å²) in [6.45, 7) is 7.76. The molecule has 0 saturated carbocycles. The van der Waals surface area contributed by atoms with E-state index in [1.165, 1.54) is 23.5 Å². The molecule has 0 unspecified atom stereocenters. The smallest absolute Gasteiger partial charge is 0.338 e. The minimum atomic E-state index is -0.798. The summed E-state index contributed by atoms with van der Waals surface area (Å²) >= 11 is 5.68. The zero-order chi connectivity index (χ0) is 31.5. The summed E-state index contributed by atoms with van der Waals surface area (Å²) in [5.41, 5.74) is 2.67. The average molecular weight is 838 g/mol. The van der Waals surface area contributed by atoms with E-state index in [4.69, 9.17) is 19.2 Å². The Morgan fingerprint density at radius 2 is 1.86 bits per heavy atom. The van der Waals surface area contributed by atoms with Gasteiger partial charge in [-0.2, -0.15) is 0 Å². The Balaban J connectivity index is 1.67. The predicted molar refractivity (Wildman–Crippen MR) is 185 cm³/mol. The molecule has 0 aliphatic carbocycles. The third kappa shape index (κ3) is 6.94. The molecule has 4 aromatic rings. The quantitative estimate of drug-likeness (QED) is 0.142. The number of allylic oxidation sites excluding steroid dienone is 1. The first-order valence-corrected chi connectivity index (χ1v) is 16.9. The van der Waals surface area contributed by atoms with Crippen molar-refractivity contribution in [1.29, 1.82) is 0 Å². The Bertz CT molecular complexity index is 1930. The standard InChI is InChI=1S/C33H29FI2N2O5S/c1-5-41-32(40)28-19(4)37-33-38(29(28)24-8-6-7-9-26(24)43-18(2)3)31(39)27(44-33)15-21-14-23(35)16-25(36)30(21)42-17-20-10-12-22(34)13-11-20/h6-16,18,29H,5,17H2,1-4H3/b27-15-/t29-/m0/s1. The predicted octanol–water partition coefficient (Wildman–Crippen LogP) is 6.51. The van der Waals surface area contributed by atoms with Gasteiger partial charge in [0.25, 0.3) is 5.56 Å². The summed E-state index contributed by atoms with van der Waals surface area (Å²) in [5.74, 6) is 0.335. The molecule has 11 heteroatoms. The van der Waals surface area contributed by atoms with Crippen molar-refractivity contribution in [3.05, 3.63) is 121 Å². The number of hydrogen-bond acceptors (Lipinski definition) is 7. The van der Waals surface area contributed by atoms with Crippen LogP contribution < -0.4 is 24.4 Å². The number of benzene rings is 3. The molecule has 1 aromatic heterocycles. The summed E-state index contributed by atoms with van der Waals surface area (Å²) in [5, 5.41) is 0. The van der Waals surface area contributed by atoms with Gasteiger partial charge in [0, 0.05) is 14.7 Å². The number of rotatable bonds is 9. The first-order valence-electron chi connectivity index (χ1n) is 13.9. The maximum atomic E-state index is 14.2. The van der Waals surface area contributed by atoms with Gasteiger partial charge >= 0.3 is 5.97 Å². The van der Waals surface area contributed by atoms with Crippen LogP contribution in [0.25, 0.3) is 6.08 Å². The number of hydrogen-bond donors (Lipinski definition) is 0. The van der Waals surface area contributed by atoms with Crippen molar-refractivity contribution in [3.8, 4) is 11.5 Å². The number of halogens is 3. The summed E-state index contributed by atoms with van der Waals surface area (Å²) in [6, 6.07) is 16.7. The number of thiazole rings is 1. The third-order valence-corrected chi connectivity index (χ3v) is 9.12. The zero-order valence-electron chi connectivity index (χ0n) is 24.4. The molecular weight excluding hydrogens is 809 g/mol. The van der Waals surface area contributed by atoms with Crippen molar-refractivity contribution < 1.29 is 23.4 Å². The Kier molecular flexibility index (Phi) is 10.3. The monoisotopic (exact) mass is 838 g/mol. The summed E-state index contributed by atoms with van der Waals surface area (Å²) < 4.78 is 35.0. The van der Waals surface area contributed by atoms with E-state index in [0.29, 0.717) is 32.1 Å². The maximum Gasteiger partial charge on any atom is 0.338 e. The molecular formula is C33H29FI2N2O5S. The molecule has 1 aliphatic rings. The van der Waals surface area contributed by atoms with Crippen molar-refractivity contribution in [2.45, 2.75) is 46.4 Å². The first kappa shape index (κ1) is 32.4. The first-order chi connectivity index (χ1) is 21.1. The molecule has 1 atom stereocenters. The maximum absolute atomic E-state index is 14.2. The number of ether oxygens (including phenoxy) is 3. The van der Waals surface area contributed by atoms with Crippen LogP contribution in [0.5, 0.6) is 11.5 Å². The van der Waals surface area contributed by atoms with E-state index in [0.717, 1.165) is 18.3 Å². The second kappa shape index (κ2) is 13.9. The van der Waals surface area contributed by atoms with Gasteiger partial charge in [-0.15, -0.1) is 0 Å². The Labute approximate surface area is 285 Å². The second-order valence-electron chi connectivity index (χ2n) is 10.2. The fourth-order valence-corrected chi connectivity index (χ4v) is 7.95. The lowest BCUT2D eigenvalue weighted by Gasteiger charge is -2.26. The molecule has 0 N–H and O–H groups in total. The van der Waals surface area contributed by atoms with Crippen molar-refractivity contribution in [2.75, 3.05) is 6.61 Å². The fraction of sp³-hybridized carbons (Fsp3) is 0.242. The Morgan fingerprint density at radius 3 is 2.57 bits per heavy atom. The van der Waals surface area contributed by atoms with Crippen LogP contribution in [0.4, 0.5) is 4.39 Å². The molecule has 7 nitrogen and oxygen atoms in total. The summed E-state index contributed by atoms with van der Waals surface area (Å²) in [6.07, 6.45) is 1.67. The molecule has 1 aliphatic heterocycles. The molecule has 0 spiro atoms. The van der Waals surface area contributed by atoms with Crippen LogP contribution in [-0.4, -0.2) is 23.2 Å². The van der Waals surface area contributed by atoms with Gasteiger partial charge in [-0.1, -0.05) is 41.7 Å². The van der Waals surface area contributed by atoms with E-state index in [1.54, 1.807) is 36.6 Å². The molecule has 0 saturated heterocycles. The van der Waals surface area contributed by atoms with Crippen LogP contribution >= 0.6 is 56.5 Å². The Hall–Kier alpha value is -3.04. The van der Waals surface area contributed by atoms with Crippen LogP contribution in [0, 0.1) is 13.0 Å². The van der Waals surface area contributed by atoms with Gasteiger partial charge < -0.3 is 14.2 Å². The number of nitrogens with zero attached hydrogens (tertiary/aromatic N) is 2. The van der Waals surface area contributed by atoms with Crippen LogP contribution in [-0.2, 0) is 16.1 Å². The number of fused-ring (bicyclic) bond motifs is 1. The highest BCUT2D eigenvalue weighted by Crippen LogP contribution is 2.36. The zero-order valence-corrected chi connectivity index (χ0v) is 29.5. The second-order valence-corrected chi connectivity index (χ2v) is 13.6. The molecule has 44 heavy (non-hydrogen) atoms. The van der Waals surface area contributed by atoms with Gasteiger partial charge in [-0.05, 0) is 115 Å². The number of carbonyl (C=O) groups is 1.